The lowest BCUT2D eigenvalue weighted by atomic mass is 10.6. The smallest absolute Gasteiger partial charge is 0.212 e. The molecule has 70 valence electrons. The lowest BCUT2D eigenvalue weighted by molar-refractivity contribution is -0.106. The predicted molar refractivity (Wildman–Crippen MR) is 47.3 cm³/mol. The van der Waals surface area contributed by atoms with Crippen LogP contribution in [0.3, 0.4) is 0 Å². The first-order valence-corrected chi connectivity index (χ1v) is 3.79. The summed E-state index contributed by atoms with van der Waals surface area (Å²) in [6, 6.07) is 0. The maximum absolute atomic E-state index is 10.2. The van der Waals surface area contributed by atoms with Crippen molar-refractivity contribution >= 4 is 24.5 Å². The Morgan fingerprint density at radius 2 is 2.15 bits per heavy atom. The quantitative estimate of drug-likeness (QED) is 0.631. The molecule has 2 N–H and O–H groups in total. The lowest BCUT2D eigenvalue weighted by Crippen LogP contribution is -2.05. The van der Waals surface area contributed by atoms with Gasteiger partial charge in [0.05, 0.1) is 6.33 Å². The second-order valence-electron chi connectivity index (χ2n) is 2.25. The van der Waals surface area contributed by atoms with Crippen LogP contribution >= 0.6 is 0 Å². The van der Waals surface area contributed by atoms with Crippen LogP contribution in [0.5, 0.6) is 0 Å². The molecule has 0 radical (unpaired) electrons. The van der Waals surface area contributed by atoms with E-state index in [0.29, 0.717) is 31.0 Å². The zero-order valence-corrected chi connectivity index (χ0v) is 7.15. The van der Waals surface area contributed by atoms with Crippen molar-refractivity contribution < 1.29 is 9.59 Å². The SMILES string of the molecule is CCn1cnc(NC=O)c1NC=O. The van der Waals surface area contributed by atoms with E-state index in [2.05, 4.69) is 15.6 Å². The molecule has 0 aliphatic carbocycles. The number of carbonyl (C=O) groups is 2. The fraction of sp³-hybridized carbons (Fsp3) is 0.286. The Morgan fingerprint density at radius 3 is 2.69 bits per heavy atom. The van der Waals surface area contributed by atoms with Crippen LogP contribution in [0, 0.1) is 0 Å². The third-order valence-corrected chi connectivity index (χ3v) is 1.57. The molecule has 0 unspecified atom stereocenters. The first-order chi connectivity index (χ1) is 6.33. The highest BCUT2D eigenvalue weighted by Crippen LogP contribution is 2.18. The molecule has 6 heteroatoms. The zero-order chi connectivity index (χ0) is 9.68. The second kappa shape index (κ2) is 4.24. The van der Waals surface area contributed by atoms with Gasteiger partial charge in [0.15, 0.2) is 11.6 Å². The molecule has 0 bridgehead atoms. The van der Waals surface area contributed by atoms with Crippen molar-refractivity contribution in [3.8, 4) is 0 Å². The lowest BCUT2D eigenvalue weighted by Gasteiger charge is -2.04. The zero-order valence-electron chi connectivity index (χ0n) is 7.15. The van der Waals surface area contributed by atoms with E-state index in [1.54, 1.807) is 4.57 Å². The Kier molecular flexibility index (Phi) is 3.02. The van der Waals surface area contributed by atoms with Gasteiger partial charge in [0, 0.05) is 6.54 Å². The molecule has 13 heavy (non-hydrogen) atoms. The van der Waals surface area contributed by atoms with E-state index in [4.69, 9.17) is 0 Å². The van der Waals surface area contributed by atoms with Crippen molar-refractivity contribution in [2.45, 2.75) is 13.5 Å². The Balaban J connectivity index is 2.97. The van der Waals surface area contributed by atoms with Crippen LogP contribution in [-0.4, -0.2) is 22.4 Å². The average Bonchev–Trinajstić information content (AvgIpc) is 2.50. The largest absolute Gasteiger partial charge is 0.316 e. The van der Waals surface area contributed by atoms with E-state index in [1.807, 2.05) is 6.92 Å². The van der Waals surface area contributed by atoms with Crippen LogP contribution in [-0.2, 0) is 16.1 Å². The van der Waals surface area contributed by atoms with E-state index in [0.717, 1.165) is 0 Å². The van der Waals surface area contributed by atoms with Crippen LogP contribution in [0.2, 0.25) is 0 Å². The van der Waals surface area contributed by atoms with Crippen LogP contribution in [0.1, 0.15) is 6.92 Å². The molecule has 1 aromatic heterocycles. The molecular weight excluding hydrogens is 172 g/mol. The second-order valence-corrected chi connectivity index (χ2v) is 2.25. The van der Waals surface area contributed by atoms with Crippen molar-refractivity contribution in [3.05, 3.63) is 6.33 Å². The minimum Gasteiger partial charge on any atom is -0.316 e. The summed E-state index contributed by atoms with van der Waals surface area (Å²) in [7, 11) is 0. The van der Waals surface area contributed by atoms with E-state index in [1.165, 1.54) is 6.33 Å². The summed E-state index contributed by atoms with van der Waals surface area (Å²) < 4.78 is 1.71. The fourth-order valence-corrected chi connectivity index (χ4v) is 0.991. The number of nitrogens with one attached hydrogen (secondary N) is 2. The monoisotopic (exact) mass is 182 g/mol. The topological polar surface area (TPSA) is 76.0 Å². The van der Waals surface area contributed by atoms with Crippen molar-refractivity contribution in [1.82, 2.24) is 9.55 Å². The molecule has 0 spiro atoms. The highest BCUT2D eigenvalue weighted by molar-refractivity contribution is 5.82. The van der Waals surface area contributed by atoms with Gasteiger partial charge in [0.2, 0.25) is 12.8 Å². The van der Waals surface area contributed by atoms with E-state index in [9.17, 15) is 9.59 Å². The predicted octanol–water partition coefficient (Wildman–Crippen LogP) is 0.0396. The van der Waals surface area contributed by atoms with Gasteiger partial charge >= 0.3 is 0 Å². The van der Waals surface area contributed by atoms with Crippen molar-refractivity contribution in [1.29, 1.82) is 0 Å². The summed E-state index contributed by atoms with van der Waals surface area (Å²) in [5, 5.41) is 4.84. The molecule has 0 aromatic carbocycles. The molecular formula is C7H10N4O2. The van der Waals surface area contributed by atoms with Crippen LogP contribution in [0.15, 0.2) is 6.33 Å². The molecule has 0 saturated carbocycles. The van der Waals surface area contributed by atoms with Gasteiger partial charge in [-0.15, -0.1) is 0 Å². The maximum Gasteiger partial charge on any atom is 0.212 e. The number of nitrogens with zero attached hydrogens (tertiary/aromatic N) is 2. The number of hydrogen-bond donors (Lipinski definition) is 2. The number of rotatable bonds is 5. The van der Waals surface area contributed by atoms with Gasteiger partial charge in [0.25, 0.3) is 0 Å². The average molecular weight is 182 g/mol. The molecule has 2 amide bonds. The molecule has 0 aliphatic rings. The third-order valence-electron chi connectivity index (χ3n) is 1.57. The number of carbonyl (C=O) groups excluding carboxylic acids is 2. The molecule has 1 rings (SSSR count). The van der Waals surface area contributed by atoms with Gasteiger partial charge < -0.3 is 15.2 Å². The van der Waals surface area contributed by atoms with Crippen molar-refractivity contribution in [2.24, 2.45) is 0 Å². The highest BCUT2D eigenvalue weighted by Gasteiger charge is 2.07. The maximum atomic E-state index is 10.2. The first-order valence-electron chi connectivity index (χ1n) is 3.79. The van der Waals surface area contributed by atoms with E-state index in [-0.39, 0.29) is 0 Å². The summed E-state index contributed by atoms with van der Waals surface area (Å²) in [6.07, 6.45) is 2.59. The Hall–Kier alpha value is -1.85. The summed E-state index contributed by atoms with van der Waals surface area (Å²) in [5.41, 5.74) is 0. The van der Waals surface area contributed by atoms with E-state index >= 15 is 0 Å². The summed E-state index contributed by atoms with van der Waals surface area (Å²) >= 11 is 0. The molecule has 0 fully saturated rings. The van der Waals surface area contributed by atoms with Gasteiger partial charge in [-0.1, -0.05) is 0 Å². The Bertz CT molecular complexity index is 307. The highest BCUT2D eigenvalue weighted by atomic mass is 16.1. The Labute approximate surface area is 75.0 Å². The first kappa shape index (κ1) is 9.24. The van der Waals surface area contributed by atoms with Gasteiger partial charge in [-0.3, -0.25) is 9.59 Å². The molecule has 0 atom stereocenters. The number of amides is 2. The van der Waals surface area contributed by atoms with Gasteiger partial charge in [-0.05, 0) is 6.92 Å². The van der Waals surface area contributed by atoms with Gasteiger partial charge in [-0.25, -0.2) is 4.98 Å². The minimum atomic E-state index is 0.351. The molecule has 1 heterocycles. The number of hydrogen-bond acceptors (Lipinski definition) is 3. The van der Waals surface area contributed by atoms with Crippen LogP contribution in [0.25, 0.3) is 0 Å². The standard InChI is InChI=1S/C7H10N4O2/c1-2-11-3-8-6(9-4-12)7(11)10-5-13/h3-5H,2H2,1H3,(H,9,12)(H,10,13). The Morgan fingerprint density at radius 1 is 1.46 bits per heavy atom. The molecule has 0 saturated heterocycles. The summed E-state index contributed by atoms with van der Waals surface area (Å²) in [4.78, 5) is 24.3. The van der Waals surface area contributed by atoms with Crippen LogP contribution in [0.4, 0.5) is 11.6 Å². The number of aromatic nitrogens is 2. The molecule has 6 nitrogen and oxygen atoms in total. The molecule has 0 aliphatic heterocycles. The minimum absolute atomic E-state index is 0.351. The third kappa shape index (κ3) is 1.84. The number of anilines is 2. The normalized spacial score (nSPS) is 9.31. The fourth-order valence-electron chi connectivity index (χ4n) is 0.991. The number of aryl methyl sites for hydroxylation is 1. The summed E-state index contributed by atoms with van der Waals surface area (Å²) in [5.74, 6) is 0.841. The van der Waals surface area contributed by atoms with Crippen LogP contribution < -0.4 is 10.6 Å². The van der Waals surface area contributed by atoms with Crippen molar-refractivity contribution in [2.75, 3.05) is 10.6 Å². The van der Waals surface area contributed by atoms with Crippen molar-refractivity contribution in [3.63, 3.8) is 0 Å². The number of imidazole rings is 1. The molecule has 1 aromatic rings. The summed E-state index contributed by atoms with van der Waals surface area (Å²) in [6.45, 7) is 2.58. The van der Waals surface area contributed by atoms with Gasteiger partial charge in [-0.2, -0.15) is 0 Å². The van der Waals surface area contributed by atoms with Gasteiger partial charge in [0.1, 0.15) is 0 Å². The van der Waals surface area contributed by atoms with E-state index < -0.39 is 0 Å².